The van der Waals surface area contributed by atoms with Gasteiger partial charge in [0.25, 0.3) is 0 Å². The molecule has 0 saturated heterocycles. The molecule has 0 saturated carbocycles. The summed E-state index contributed by atoms with van der Waals surface area (Å²) in [4.78, 5) is 11.9. The number of benzene rings is 1. The second-order valence-electron chi connectivity index (χ2n) is 4.45. The Balaban J connectivity index is 2.67. The summed E-state index contributed by atoms with van der Waals surface area (Å²) in [5.74, 6) is -0.176. The fraction of sp³-hybridized carbons (Fsp3) is 0.500. The molecule has 19 heavy (non-hydrogen) atoms. The summed E-state index contributed by atoms with van der Waals surface area (Å²) in [7, 11) is -1.81. The Morgan fingerprint density at radius 2 is 2.00 bits per heavy atom. The standard InChI is InChI=1S/C14H20O4S/c1-3-4-5-9-19(16,17)11-14(15)12-7-6-8-13(10-12)18-2/h6-8,10H,3-5,9,11H2,1-2H3. The molecule has 0 spiro atoms. The van der Waals surface area contributed by atoms with Gasteiger partial charge in [0.1, 0.15) is 11.5 Å². The van der Waals surface area contributed by atoms with Crippen LogP contribution in [-0.4, -0.2) is 32.8 Å². The summed E-state index contributed by atoms with van der Waals surface area (Å²) < 4.78 is 28.6. The number of carbonyl (C=O) groups excluding carboxylic acids is 1. The molecule has 0 heterocycles. The van der Waals surface area contributed by atoms with Crippen LogP contribution < -0.4 is 4.74 Å². The molecule has 0 unspecified atom stereocenters. The normalized spacial score (nSPS) is 11.3. The first-order valence-electron chi connectivity index (χ1n) is 6.36. The van der Waals surface area contributed by atoms with Crippen LogP contribution in [0.5, 0.6) is 5.75 Å². The van der Waals surface area contributed by atoms with Crippen LogP contribution in [0.15, 0.2) is 24.3 Å². The van der Waals surface area contributed by atoms with Gasteiger partial charge in [0.2, 0.25) is 0 Å². The first kappa shape index (κ1) is 15.7. The highest BCUT2D eigenvalue weighted by atomic mass is 32.2. The minimum atomic E-state index is -3.31. The minimum Gasteiger partial charge on any atom is -0.497 e. The average Bonchev–Trinajstić information content (AvgIpc) is 2.38. The van der Waals surface area contributed by atoms with E-state index in [2.05, 4.69) is 0 Å². The van der Waals surface area contributed by atoms with Gasteiger partial charge >= 0.3 is 0 Å². The molecular weight excluding hydrogens is 264 g/mol. The number of rotatable bonds is 8. The molecule has 0 radical (unpaired) electrons. The predicted molar refractivity (Wildman–Crippen MR) is 75.5 cm³/mol. The van der Waals surface area contributed by atoms with Crippen LogP contribution in [0.1, 0.15) is 36.5 Å². The third-order valence-electron chi connectivity index (χ3n) is 2.80. The molecule has 0 atom stereocenters. The van der Waals surface area contributed by atoms with Gasteiger partial charge in [-0.15, -0.1) is 0 Å². The minimum absolute atomic E-state index is 0.0799. The van der Waals surface area contributed by atoms with E-state index < -0.39 is 15.6 Å². The van der Waals surface area contributed by atoms with E-state index in [1.807, 2.05) is 6.92 Å². The fourth-order valence-corrected chi connectivity index (χ4v) is 3.08. The molecule has 106 valence electrons. The van der Waals surface area contributed by atoms with Gasteiger partial charge in [0.05, 0.1) is 12.9 Å². The van der Waals surface area contributed by atoms with Crippen molar-refractivity contribution >= 4 is 15.6 Å². The summed E-state index contributed by atoms with van der Waals surface area (Å²) in [5, 5.41) is 0. The highest BCUT2D eigenvalue weighted by molar-refractivity contribution is 7.92. The summed E-state index contributed by atoms with van der Waals surface area (Å²) >= 11 is 0. The Hall–Kier alpha value is -1.36. The van der Waals surface area contributed by atoms with Gasteiger partial charge in [-0.1, -0.05) is 31.9 Å². The molecule has 1 aromatic carbocycles. The number of sulfone groups is 1. The SMILES string of the molecule is CCCCCS(=O)(=O)CC(=O)c1cccc(OC)c1. The Labute approximate surface area is 114 Å². The Morgan fingerprint density at radius 1 is 1.26 bits per heavy atom. The van der Waals surface area contributed by atoms with E-state index in [0.29, 0.717) is 17.7 Å². The molecule has 1 aromatic rings. The van der Waals surface area contributed by atoms with E-state index in [1.54, 1.807) is 24.3 Å². The monoisotopic (exact) mass is 284 g/mol. The molecule has 0 aliphatic rings. The van der Waals surface area contributed by atoms with Crippen molar-refractivity contribution < 1.29 is 17.9 Å². The van der Waals surface area contributed by atoms with E-state index in [-0.39, 0.29) is 11.5 Å². The molecule has 0 aliphatic heterocycles. The van der Waals surface area contributed by atoms with Crippen molar-refractivity contribution in [1.29, 1.82) is 0 Å². The molecule has 0 aromatic heterocycles. The molecular formula is C14H20O4S. The number of ether oxygens (including phenoxy) is 1. The first-order valence-corrected chi connectivity index (χ1v) is 8.18. The second kappa shape index (κ2) is 7.28. The van der Waals surface area contributed by atoms with E-state index >= 15 is 0 Å². The van der Waals surface area contributed by atoms with E-state index in [9.17, 15) is 13.2 Å². The lowest BCUT2D eigenvalue weighted by Gasteiger charge is -2.05. The van der Waals surface area contributed by atoms with Gasteiger partial charge in [0, 0.05) is 5.56 Å². The molecule has 5 heteroatoms. The molecule has 4 nitrogen and oxygen atoms in total. The van der Waals surface area contributed by atoms with Gasteiger partial charge in [-0.25, -0.2) is 8.42 Å². The number of hydrogen-bond donors (Lipinski definition) is 0. The first-order chi connectivity index (χ1) is 8.98. The van der Waals surface area contributed by atoms with Crippen molar-refractivity contribution in [2.24, 2.45) is 0 Å². The van der Waals surface area contributed by atoms with Crippen LogP contribution in [0.4, 0.5) is 0 Å². The maximum atomic E-state index is 11.9. The number of methoxy groups -OCH3 is 1. The van der Waals surface area contributed by atoms with Crippen molar-refractivity contribution in [2.45, 2.75) is 26.2 Å². The zero-order valence-corrected chi connectivity index (χ0v) is 12.2. The number of carbonyl (C=O) groups is 1. The van der Waals surface area contributed by atoms with Gasteiger partial charge in [0.15, 0.2) is 15.6 Å². The lowest BCUT2D eigenvalue weighted by atomic mass is 10.1. The molecule has 1 rings (SSSR count). The number of Topliss-reactive ketones (excluding diaryl/α,β-unsaturated/α-hetero) is 1. The molecule has 0 amide bonds. The van der Waals surface area contributed by atoms with Crippen molar-refractivity contribution in [1.82, 2.24) is 0 Å². The van der Waals surface area contributed by atoms with E-state index in [4.69, 9.17) is 4.74 Å². The second-order valence-corrected chi connectivity index (χ2v) is 6.64. The Morgan fingerprint density at radius 3 is 2.63 bits per heavy atom. The van der Waals surface area contributed by atoms with Crippen LogP contribution in [0, 0.1) is 0 Å². The Bertz CT molecular complexity index is 520. The quantitative estimate of drug-likeness (QED) is 0.543. The van der Waals surface area contributed by atoms with Crippen LogP contribution >= 0.6 is 0 Å². The smallest absolute Gasteiger partial charge is 0.178 e. The van der Waals surface area contributed by atoms with Crippen LogP contribution in [0.2, 0.25) is 0 Å². The molecule has 0 fully saturated rings. The summed E-state index contributed by atoms with van der Waals surface area (Å²) in [6, 6.07) is 6.55. The van der Waals surface area contributed by atoms with E-state index in [1.165, 1.54) is 7.11 Å². The zero-order valence-electron chi connectivity index (χ0n) is 11.4. The largest absolute Gasteiger partial charge is 0.497 e. The van der Waals surface area contributed by atoms with Crippen molar-refractivity contribution in [3.63, 3.8) is 0 Å². The van der Waals surface area contributed by atoms with Crippen LogP contribution in [0.25, 0.3) is 0 Å². The number of hydrogen-bond acceptors (Lipinski definition) is 4. The zero-order chi connectivity index (χ0) is 14.3. The summed E-state index contributed by atoms with van der Waals surface area (Å²) in [6.45, 7) is 2.01. The fourth-order valence-electron chi connectivity index (χ4n) is 1.72. The highest BCUT2D eigenvalue weighted by Crippen LogP contribution is 2.14. The van der Waals surface area contributed by atoms with E-state index in [0.717, 1.165) is 12.8 Å². The summed E-state index contributed by atoms with van der Waals surface area (Å²) in [5.41, 5.74) is 0.374. The van der Waals surface area contributed by atoms with Crippen molar-refractivity contribution in [3.8, 4) is 5.75 Å². The van der Waals surface area contributed by atoms with Crippen LogP contribution in [-0.2, 0) is 9.84 Å². The lowest BCUT2D eigenvalue weighted by molar-refractivity contribution is 0.102. The average molecular weight is 284 g/mol. The third kappa shape index (κ3) is 5.42. The highest BCUT2D eigenvalue weighted by Gasteiger charge is 2.17. The number of ketones is 1. The predicted octanol–water partition coefficient (Wildman–Crippen LogP) is 2.48. The van der Waals surface area contributed by atoms with Crippen molar-refractivity contribution in [3.05, 3.63) is 29.8 Å². The van der Waals surface area contributed by atoms with Gasteiger partial charge in [-0.3, -0.25) is 4.79 Å². The maximum Gasteiger partial charge on any atom is 0.178 e. The topological polar surface area (TPSA) is 60.4 Å². The maximum absolute atomic E-state index is 11.9. The molecule has 0 aliphatic carbocycles. The number of unbranched alkanes of at least 4 members (excludes halogenated alkanes) is 2. The Kier molecular flexibility index (Phi) is 6.02. The van der Waals surface area contributed by atoms with Crippen LogP contribution in [0.3, 0.4) is 0 Å². The summed E-state index contributed by atoms with van der Waals surface area (Å²) in [6.07, 6.45) is 2.44. The van der Waals surface area contributed by atoms with Gasteiger partial charge in [-0.2, -0.15) is 0 Å². The molecule has 0 bridgehead atoms. The van der Waals surface area contributed by atoms with Gasteiger partial charge in [-0.05, 0) is 18.6 Å². The van der Waals surface area contributed by atoms with Gasteiger partial charge < -0.3 is 4.74 Å². The lowest BCUT2D eigenvalue weighted by Crippen LogP contribution is -2.19. The van der Waals surface area contributed by atoms with Crippen molar-refractivity contribution in [2.75, 3.05) is 18.6 Å². The third-order valence-corrected chi connectivity index (χ3v) is 4.41. The molecule has 0 N–H and O–H groups in total.